The van der Waals surface area contributed by atoms with E-state index in [1.165, 1.54) is 23.5 Å². The van der Waals surface area contributed by atoms with Crippen LogP contribution in [0.3, 0.4) is 0 Å². The average molecular weight is 361 g/mol. The van der Waals surface area contributed by atoms with Crippen LogP contribution in [0.15, 0.2) is 40.5 Å². The van der Waals surface area contributed by atoms with Crippen molar-refractivity contribution in [3.63, 3.8) is 0 Å². The van der Waals surface area contributed by atoms with Crippen molar-refractivity contribution >= 4 is 16.3 Å². The van der Waals surface area contributed by atoms with Crippen LogP contribution in [0, 0.1) is 12.7 Å². The van der Waals surface area contributed by atoms with Gasteiger partial charge in [-0.3, -0.25) is 9.20 Å². The molecule has 0 atom stereocenters. The molecule has 0 aliphatic heterocycles. The lowest BCUT2D eigenvalue weighted by molar-refractivity contribution is 0.257. The summed E-state index contributed by atoms with van der Waals surface area (Å²) < 4.78 is 20.0. The lowest BCUT2D eigenvalue weighted by Gasteiger charge is -2.16. The number of halogens is 1. The highest BCUT2D eigenvalue weighted by atomic mass is 32.1. The second-order valence-corrected chi connectivity index (χ2v) is 6.81. The monoisotopic (exact) mass is 361 g/mol. The molecule has 2 heterocycles. The van der Waals surface area contributed by atoms with E-state index < -0.39 is 0 Å². The Morgan fingerprint density at radius 2 is 2.08 bits per heavy atom. The highest BCUT2D eigenvalue weighted by Crippen LogP contribution is 2.13. The van der Waals surface area contributed by atoms with Gasteiger partial charge in [0.25, 0.3) is 5.56 Å². The zero-order chi connectivity index (χ0) is 17.8. The Bertz CT molecular complexity index is 905. The molecule has 0 spiro atoms. The molecule has 0 amide bonds. The van der Waals surface area contributed by atoms with Crippen molar-refractivity contribution in [1.29, 1.82) is 0 Å². The fourth-order valence-corrected chi connectivity index (χ4v) is 3.48. The SMILES string of the molecule is Cc1csc2nc(CN(C)CCCOc3ccc(F)cc3)cc(=O)n12. The van der Waals surface area contributed by atoms with Crippen molar-refractivity contribution in [1.82, 2.24) is 14.3 Å². The quantitative estimate of drug-likeness (QED) is 0.607. The molecule has 3 aromatic rings. The topological polar surface area (TPSA) is 46.8 Å². The van der Waals surface area contributed by atoms with Crippen LogP contribution in [0.5, 0.6) is 5.75 Å². The summed E-state index contributed by atoms with van der Waals surface area (Å²) in [7, 11) is 1.99. The van der Waals surface area contributed by atoms with Crippen molar-refractivity contribution in [2.45, 2.75) is 19.9 Å². The van der Waals surface area contributed by atoms with Gasteiger partial charge in [0.15, 0.2) is 4.96 Å². The molecule has 2 aromatic heterocycles. The predicted molar refractivity (Wildman–Crippen MR) is 96.9 cm³/mol. The number of aromatic nitrogens is 2. The molecule has 0 saturated carbocycles. The van der Waals surface area contributed by atoms with E-state index in [1.54, 1.807) is 22.6 Å². The van der Waals surface area contributed by atoms with Crippen molar-refractivity contribution < 1.29 is 9.13 Å². The molecule has 0 N–H and O–H groups in total. The molecular formula is C18H20FN3O2S. The van der Waals surface area contributed by atoms with Crippen molar-refractivity contribution in [3.8, 4) is 5.75 Å². The summed E-state index contributed by atoms with van der Waals surface area (Å²) in [5.74, 6) is 0.394. The number of ether oxygens (including phenoxy) is 1. The Kier molecular flexibility index (Phi) is 5.45. The van der Waals surface area contributed by atoms with Crippen LogP contribution in [0.25, 0.3) is 4.96 Å². The molecular weight excluding hydrogens is 341 g/mol. The van der Waals surface area contributed by atoms with Gasteiger partial charge in [-0.2, -0.15) is 0 Å². The molecule has 132 valence electrons. The van der Waals surface area contributed by atoms with Gasteiger partial charge in [-0.25, -0.2) is 9.37 Å². The number of nitrogens with zero attached hydrogens (tertiary/aromatic N) is 3. The molecule has 0 aliphatic carbocycles. The first-order valence-corrected chi connectivity index (χ1v) is 8.94. The second kappa shape index (κ2) is 7.76. The molecule has 0 unspecified atom stereocenters. The predicted octanol–water partition coefficient (Wildman–Crippen LogP) is 3.10. The first kappa shape index (κ1) is 17.6. The lowest BCUT2D eigenvalue weighted by Crippen LogP contribution is -2.23. The van der Waals surface area contributed by atoms with E-state index >= 15 is 0 Å². The summed E-state index contributed by atoms with van der Waals surface area (Å²) in [4.78, 5) is 19.6. The summed E-state index contributed by atoms with van der Waals surface area (Å²) in [6, 6.07) is 7.60. The van der Waals surface area contributed by atoms with Crippen molar-refractivity contribution in [2.75, 3.05) is 20.2 Å². The first-order chi connectivity index (χ1) is 12.0. The number of benzene rings is 1. The van der Waals surface area contributed by atoms with Crippen LogP contribution in [-0.2, 0) is 6.54 Å². The minimum atomic E-state index is -0.270. The molecule has 0 radical (unpaired) electrons. The van der Waals surface area contributed by atoms with Gasteiger partial charge in [-0.15, -0.1) is 11.3 Å². The zero-order valence-electron chi connectivity index (χ0n) is 14.2. The van der Waals surface area contributed by atoms with Gasteiger partial charge in [0.2, 0.25) is 0 Å². The summed E-state index contributed by atoms with van der Waals surface area (Å²) in [6.07, 6.45) is 0.827. The fourth-order valence-electron chi connectivity index (χ4n) is 2.59. The summed E-state index contributed by atoms with van der Waals surface area (Å²) in [5, 5.41) is 1.93. The molecule has 25 heavy (non-hydrogen) atoms. The lowest BCUT2D eigenvalue weighted by atomic mass is 10.3. The van der Waals surface area contributed by atoms with Crippen molar-refractivity contribution in [3.05, 3.63) is 63.3 Å². The first-order valence-electron chi connectivity index (χ1n) is 8.06. The number of hydrogen-bond acceptors (Lipinski definition) is 5. The third-order valence-corrected chi connectivity index (χ3v) is 4.77. The van der Waals surface area contributed by atoms with E-state index in [0.29, 0.717) is 18.9 Å². The normalized spacial score (nSPS) is 11.4. The van der Waals surface area contributed by atoms with E-state index in [4.69, 9.17) is 4.74 Å². The van der Waals surface area contributed by atoms with Crippen LogP contribution < -0.4 is 10.3 Å². The van der Waals surface area contributed by atoms with E-state index in [2.05, 4.69) is 9.88 Å². The Hall–Kier alpha value is -2.25. The summed E-state index contributed by atoms with van der Waals surface area (Å²) in [6.45, 7) is 3.87. The van der Waals surface area contributed by atoms with Gasteiger partial charge >= 0.3 is 0 Å². The fraction of sp³-hybridized carbons (Fsp3) is 0.333. The Morgan fingerprint density at radius 3 is 2.84 bits per heavy atom. The molecule has 3 rings (SSSR count). The summed E-state index contributed by atoms with van der Waals surface area (Å²) >= 11 is 1.48. The second-order valence-electron chi connectivity index (χ2n) is 5.97. The van der Waals surface area contributed by atoms with Crippen LogP contribution in [0.4, 0.5) is 4.39 Å². The maximum atomic E-state index is 12.8. The van der Waals surface area contributed by atoms with Crippen molar-refractivity contribution in [2.24, 2.45) is 0 Å². The van der Waals surface area contributed by atoms with Gasteiger partial charge in [0, 0.05) is 30.2 Å². The average Bonchev–Trinajstić information content (AvgIpc) is 2.95. The molecule has 0 aliphatic rings. The molecule has 5 nitrogen and oxygen atoms in total. The maximum absolute atomic E-state index is 12.8. The minimum absolute atomic E-state index is 0.0354. The number of rotatable bonds is 7. The zero-order valence-corrected chi connectivity index (χ0v) is 15.1. The third kappa shape index (κ3) is 4.43. The standard InChI is InChI=1S/C18H20FN3O2S/c1-13-12-25-18-20-15(10-17(23)22(13)18)11-21(2)8-3-9-24-16-6-4-14(19)5-7-16/h4-7,10,12H,3,8-9,11H2,1-2H3. The molecule has 0 fully saturated rings. The van der Waals surface area contributed by atoms with Gasteiger partial charge in [0.1, 0.15) is 11.6 Å². The van der Waals surface area contributed by atoms with E-state index in [9.17, 15) is 9.18 Å². The van der Waals surface area contributed by atoms with E-state index in [-0.39, 0.29) is 11.4 Å². The summed E-state index contributed by atoms with van der Waals surface area (Å²) in [5.41, 5.74) is 1.65. The third-order valence-electron chi connectivity index (χ3n) is 3.83. The van der Waals surface area contributed by atoms with Crippen LogP contribution in [0.1, 0.15) is 17.8 Å². The number of hydrogen-bond donors (Lipinski definition) is 0. The smallest absolute Gasteiger partial charge is 0.259 e. The Balaban J connectivity index is 1.50. The van der Waals surface area contributed by atoms with Crippen LogP contribution >= 0.6 is 11.3 Å². The number of aryl methyl sites for hydroxylation is 1. The highest BCUT2D eigenvalue weighted by Gasteiger charge is 2.08. The van der Waals surface area contributed by atoms with Gasteiger partial charge in [-0.05, 0) is 44.7 Å². The largest absolute Gasteiger partial charge is 0.494 e. The maximum Gasteiger partial charge on any atom is 0.259 e. The van der Waals surface area contributed by atoms with Gasteiger partial charge in [0.05, 0.1) is 12.3 Å². The molecule has 0 saturated heterocycles. The molecule has 1 aromatic carbocycles. The minimum Gasteiger partial charge on any atom is -0.494 e. The van der Waals surface area contributed by atoms with Crippen LogP contribution in [-0.4, -0.2) is 34.5 Å². The highest BCUT2D eigenvalue weighted by molar-refractivity contribution is 7.15. The van der Waals surface area contributed by atoms with E-state index in [0.717, 1.165) is 29.3 Å². The number of fused-ring (bicyclic) bond motifs is 1. The van der Waals surface area contributed by atoms with Crippen LogP contribution in [0.2, 0.25) is 0 Å². The molecule has 7 heteroatoms. The van der Waals surface area contributed by atoms with Gasteiger partial charge < -0.3 is 9.64 Å². The Morgan fingerprint density at radius 1 is 1.32 bits per heavy atom. The Labute approximate surface area is 149 Å². The van der Waals surface area contributed by atoms with Gasteiger partial charge in [-0.1, -0.05) is 0 Å². The van der Waals surface area contributed by atoms with E-state index in [1.807, 2.05) is 19.4 Å². The number of thiazole rings is 1. The molecule has 0 bridgehead atoms.